The number of nitrogens with one attached hydrogen (secondary N) is 2. The molecule has 1 saturated heterocycles. The van der Waals surface area contributed by atoms with Crippen LogP contribution in [-0.4, -0.2) is 48.9 Å². The number of nitrogens with zero attached hydrogens (tertiary/aromatic N) is 1. The summed E-state index contributed by atoms with van der Waals surface area (Å²) in [4.78, 5) is 25.6. The Kier molecular flexibility index (Phi) is 7.74. The van der Waals surface area contributed by atoms with Gasteiger partial charge >= 0.3 is 0 Å². The number of likely N-dealkylation sites (tertiary alicyclic amines) is 1. The van der Waals surface area contributed by atoms with E-state index in [0.717, 1.165) is 25.9 Å². The van der Waals surface area contributed by atoms with Gasteiger partial charge in [0.2, 0.25) is 11.8 Å². The fourth-order valence-electron chi connectivity index (χ4n) is 2.33. The Labute approximate surface area is 121 Å². The summed E-state index contributed by atoms with van der Waals surface area (Å²) in [6.07, 6.45) is 10.1. The lowest BCUT2D eigenvalue weighted by atomic mass is 10.2. The van der Waals surface area contributed by atoms with Gasteiger partial charge in [-0.05, 0) is 32.9 Å². The van der Waals surface area contributed by atoms with E-state index in [4.69, 9.17) is 6.42 Å². The Morgan fingerprint density at radius 2 is 1.85 bits per heavy atom. The van der Waals surface area contributed by atoms with Crippen LogP contribution in [0.15, 0.2) is 0 Å². The third kappa shape index (κ3) is 6.07. The lowest BCUT2D eigenvalue weighted by Gasteiger charge is -2.26. The van der Waals surface area contributed by atoms with Gasteiger partial charge in [0, 0.05) is 13.0 Å². The maximum Gasteiger partial charge on any atom is 0.237 e. The van der Waals surface area contributed by atoms with Gasteiger partial charge in [0.05, 0.1) is 12.6 Å². The average molecular weight is 279 g/mol. The van der Waals surface area contributed by atoms with Crippen LogP contribution in [0, 0.1) is 12.3 Å². The molecule has 1 atom stereocenters. The van der Waals surface area contributed by atoms with Gasteiger partial charge in [-0.3, -0.25) is 14.5 Å². The largest absolute Gasteiger partial charge is 0.354 e. The summed E-state index contributed by atoms with van der Waals surface area (Å²) in [7, 11) is 0. The highest BCUT2D eigenvalue weighted by molar-refractivity contribution is 5.82. The Morgan fingerprint density at radius 1 is 1.20 bits per heavy atom. The van der Waals surface area contributed by atoms with Crippen molar-refractivity contribution in [2.75, 3.05) is 26.2 Å². The average Bonchev–Trinajstić information content (AvgIpc) is 2.73. The molecule has 0 aliphatic carbocycles. The topological polar surface area (TPSA) is 61.4 Å². The molecule has 0 aromatic carbocycles. The van der Waals surface area contributed by atoms with E-state index in [1.54, 1.807) is 0 Å². The third-order valence-electron chi connectivity index (χ3n) is 3.61. The molecule has 2 amide bonds. The van der Waals surface area contributed by atoms with Gasteiger partial charge in [-0.2, -0.15) is 0 Å². The molecule has 1 heterocycles. The lowest BCUT2D eigenvalue weighted by Crippen LogP contribution is -2.46. The van der Waals surface area contributed by atoms with Crippen molar-refractivity contribution in [1.29, 1.82) is 0 Å². The first-order chi connectivity index (χ1) is 9.65. The molecule has 0 radical (unpaired) electrons. The van der Waals surface area contributed by atoms with E-state index < -0.39 is 0 Å². The van der Waals surface area contributed by atoms with Crippen molar-refractivity contribution in [2.24, 2.45) is 0 Å². The Morgan fingerprint density at radius 3 is 2.45 bits per heavy atom. The van der Waals surface area contributed by atoms with Crippen LogP contribution in [0.4, 0.5) is 0 Å². The molecule has 0 spiro atoms. The summed E-state index contributed by atoms with van der Waals surface area (Å²) in [6, 6.07) is -0.123. The molecule has 2 N–H and O–H groups in total. The molecule has 1 fully saturated rings. The molecule has 0 aromatic rings. The smallest absolute Gasteiger partial charge is 0.237 e. The van der Waals surface area contributed by atoms with Crippen molar-refractivity contribution in [2.45, 2.75) is 45.1 Å². The highest BCUT2D eigenvalue weighted by Gasteiger charge is 2.21. The van der Waals surface area contributed by atoms with Gasteiger partial charge in [-0.15, -0.1) is 6.42 Å². The van der Waals surface area contributed by atoms with Crippen LogP contribution < -0.4 is 10.6 Å². The number of carbonyl (C=O) groups excluding carboxylic acids is 2. The molecule has 0 saturated carbocycles. The van der Waals surface area contributed by atoms with Gasteiger partial charge in [0.15, 0.2) is 0 Å². The molecule has 1 aliphatic heterocycles. The third-order valence-corrected chi connectivity index (χ3v) is 3.61. The zero-order valence-electron chi connectivity index (χ0n) is 12.3. The van der Waals surface area contributed by atoms with E-state index in [1.165, 1.54) is 12.8 Å². The Bertz CT molecular complexity index is 355. The normalized spacial score (nSPS) is 17.6. The Balaban J connectivity index is 2.24. The summed E-state index contributed by atoms with van der Waals surface area (Å²) >= 11 is 0. The van der Waals surface area contributed by atoms with Crippen LogP contribution in [0.3, 0.4) is 0 Å². The number of amides is 2. The zero-order valence-corrected chi connectivity index (χ0v) is 12.3. The molecule has 1 rings (SSSR count). The fraction of sp³-hybridized carbons (Fsp3) is 0.733. The number of hydrogen-bond donors (Lipinski definition) is 2. The highest BCUT2D eigenvalue weighted by atomic mass is 16.2. The van der Waals surface area contributed by atoms with Gasteiger partial charge in [-0.1, -0.05) is 18.8 Å². The van der Waals surface area contributed by atoms with Crippen molar-refractivity contribution in [1.82, 2.24) is 15.5 Å². The summed E-state index contributed by atoms with van der Waals surface area (Å²) < 4.78 is 0. The number of rotatable bonds is 6. The highest BCUT2D eigenvalue weighted by Crippen LogP contribution is 2.12. The van der Waals surface area contributed by atoms with E-state index in [9.17, 15) is 9.59 Å². The first-order valence-corrected chi connectivity index (χ1v) is 7.37. The first kappa shape index (κ1) is 16.5. The quantitative estimate of drug-likeness (QED) is 0.696. The van der Waals surface area contributed by atoms with Crippen LogP contribution in [0.2, 0.25) is 0 Å². The second kappa shape index (κ2) is 9.38. The second-order valence-electron chi connectivity index (χ2n) is 5.15. The van der Waals surface area contributed by atoms with Gasteiger partial charge in [-0.25, -0.2) is 0 Å². The zero-order chi connectivity index (χ0) is 14.8. The summed E-state index contributed by atoms with van der Waals surface area (Å²) in [5, 5.41) is 5.38. The van der Waals surface area contributed by atoms with Crippen LogP contribution in [-0.2, 0) is 9.59 Å². The van der Waals surface area contributed by atoms with Crippen LogP contribution in [0.5, 0.6) is 0 Å². The minimum Gasteiger partial charge on any atom is -0.354 e. The molecule has 0 bridgehead atoms. The molecule has 5 heteroatoms. The molecule has 1 unspecified atom stereocenters. The molecule has 112 valence electrons. The maximum absolute atomic E-state index is 12.0. The molecule has 20 heavy (non-hydrogen) atoms. The number of terminal acetylenes is 1. The summed E-state index contributed by atoms with van der Waals surface area (Å²) in [5.41, 5.74) is 0. The lowest BCUT2D eigenvalue weighted by molar-refractivity contribution is -0.126. The fourth-order valence-corrected chi connectivity index (χ4v) is 2.33. The first-order valence-electron chi connectivity index (χ1n) is 7.37. The predicted octanol–water partition coefficient (Wildman–Crippen LogP) is 0.507. The molecular weight excluding hydrogens is 254 g/mol. The van der Waals surface area contributed by atoms with Crippen LogP contribution in [0.1, 0.15) is 39.0 Å². The summed E-state index contributed by atoms with van der Waals surface area (Å²) in [6.45, 7) is 4.48. The van der Waals surface area contributed by atoms with Crippen molar-refractivity contribution in [3.05, 3.63) is 0 Å². The van der Waals surface area contributed by atoms with Crippen molar-refractivity contribution in [3.63, 3.8) is 0 Å². The van der Waals surface area contributed by atoms with Crippen molar-refractivity contribution in [3.8, 4) is 12.3 Å². The van der Waals surface area contributed by atoms with E-state index in [2.05, 4.69) is 21.5 Å². The molecule has 1 aliphatic rings. The van der Waals surface area contributed by atoms with Crippen molar-refractivity contribution >= 4 is 11.8 Å². The van der Waals surface area contributed by atoms with E-state index in [1.807, 2.05) is 6.92 Å². The molecule has 0 aromatic heterocycles. The predicted molar refractivity (Wildman–Crippen MR) is 79.0 cm³/mol. The Hall–Kier alpha value is -1.54. The molecular formula is C15H25N3O2. The standard InChI is InChI=1S/C15H25N3O2/c1-3-9-16-14(19)8-10-17-15(20)13(2)18-11-6-4-5-7-12-18/h1,13H,4-12H2,2H3,(H,16,19)(H,17,20). The number of hydrogen-bond acceptors (Lipinski definition) is 3. The minimum absolute atomic E-state index is 0.00310. The second-order valence-corrected chi connectivity index (χ2v) is 5.15. The van der Waals surface area contributed by atoms with Gasteiger partial charge < -0.3 is 10.6 Å². The van der Waals surface area contributed by atoms with E-state index in [-0.39, 0.29) is 30.8 Å². The number of carbonyl (C=O) groups is 2. The van der Waals surface area contributed by atoms with Gasteiger partial charge in [0.25, 0.3) is 0 Å². The minimum atomic E-state index is -0.134. The van der Waals surface area contributed by atoms with E-state index >= 15 is 0 Å². The van der Waals surface area contributed by atoms with Crippen molar-refractivity contribution < 1.29 is 9.59 Å². The van der Waals surface area contributed by atoms with Crippen LogP contribution >= 0.6 is 0 Å². The molecule has 5 nitrogen and oxygen atoms in total. The SMILES string of the molecule is C#CCNC(=O)CCNC(=O)C(C)N1CCCCCC1. The monoisotopic (exact) mass is 279 g/mol. The summed E-state index contributed by atoms with van der Waals surface area (Å²) in [5.74, 6) is 2.20. The van der Waals surface area contributed by atoms with Gasteiger partial charge in [0.1, 0.15) is 0 Å². The van der Waals surface area contributed by atoms with E-state index in [0.29, 0.717) is 6.54 Å². The van der Waals surface area contributed by atoms with Crippen LogP contribution in [0.25, 0.3) is 0 Å². The maximum atomic E-state index is 12.0.